The minimum atomic E-state index is 0.396. The molecule has 94 valence electrons. The van der Waals surface area contributed by atoms with Crippen LogP contribution in [0.5, 0.6) is 11.6 Å². The van der Waals surface area contributed by atoms with Gasteiger partial charge < -0.3 is 10.5 Å². The summed E-state index contributed by atoms with van der Waals surface area (Å²) < 4.78 is 5.85. The van der Waals surface area contributed by atoms with E-state index in [9.17, 15) is 0 Å². The summed E-state index contributed by atoms with van der Waals surface area (Å²) >= 11 is 0. The zero-order valence-corrected chi connectivity index (χ0v) is 11.0. The third-order valence-corrected chi connectivity index (χ3v) is 2.78. The number of ether oxygens (including phenoxy) is 1. The van der Waals surface area contributed by atoms with Gasteiger partial charge in [0.15, 0.2) is 0 Å². The molecule has 3 heteroatoms. The van der Waals surface area contributed by atoms with Crippen LogP contribution < -0.4 is 10.5 Å². The average Bonchev–Trinajstić information content (AvgIpc) is 2.34. The van der Waals surface area contributed by atoms with Gasteiger partial charge in [-0.2, -0.15) is 0 Å². The van der Waals surface area contributed by atoms with Crippen molar-refractivity contribution in [1.29, 1.82) is 0 Å². The number of nitrogens with zero attached hydrogens (tertiary/aromatic N) is 1. The fourth-order valence-electron chi connectivity index (χ4n) is 1.78. The second-order valence-electron chi connectivity index (χ2n) is 4.64. The van der Waals surface area contributed by atoms with Crippen LogP contribution in [0.1, 0.15) is 31.0 Å². The molecule has 0 aliphatic heterocycles. The molecule has 1 heterocycles. The number of pyridine rings is 1. The first kappa shape index (κ1) is 12.4. The molecule has 0 radical (unpaired) electrons. The summed E-state index contributed by atoms with van der Waals surface area (Å²) in [7, 11) is 0. The number of benzene rings is 1. The summed E-state index contributed by atoms with van der Waals surface area (Å²) in [6.45, 7) is 6.19. The molecule has 0 bridgehead atoms. The summed E-state index contributed by atoms with van der Waals surface area (Å²) in [6.07, 6.45) is 0. The Morgan fingerprint density at radius 1 is 1.11 bits per heavy atom. The maximum absolute atomic E-state index is 5.88. The number of nitrogens with two attached hydrogens (primary N) is 1. The SMILES string of the molecule is Cc1ccc(N)c(Oc2ccccc2C(C)C)n1. The first-order chi connectivity index (χ1) is 8.58. The van der Waals surface area contributed by atoms with Gasteiger partial charge in [-0.05, 0) is 36.6 Å². The van der Waals surface area contributed by atoms with E-state index in [0.29, 0.717) is 17.5 Å². The molecule has 1 aromatic carbocycles. The Hall–Kier alpha value is -2.03. The Balaban J connectivity index is 2.37. The highest BCUT2D eigenvalue weighted by atomic mass is 16.5. The van der Waals surface area contributed by atoms with Crippen LogP contribution in [-0.2, 0) is 0 Å². The van der Waals surface area contributed by atoms with Crippen molar-refractivity contribution in [1.82, 2.24) is 4.98 Å². The maximum atomic E-state index is 5.88. The number of nitrogen functional groups attached to an aromatic ring is 1. The van der Waals surface area contributed by atoms with E-state index in [1.54, 1.807) is 0 Å². The van der Waals surface area contributed by atoms with E-state index in [2.05, 4.69) is 24.9 Å². The lowest BCUT2D eigenvalue weighted by Crippen LogP contribution is -1.99. The van der Waals surface area contributed by atoms with E-state index in [-0.39, 0.29) is 0 Å². The molecule has 0 fully saturated rings. The molecule has 1 aromatic heterocycles. The van der Waals surface area contributed by atoms with E-state index in [1.807, 2.05) is 37.3 Å². The van der Waals surface area contributed by atoms with Crippen LogP contribution in [0.3, 0.4) is 0 Å². The van der Waals surface area contributed by atoms with E-state index in [0.717, 1.165) is 17.0 Å². The number of aryl methyl sites for hydroxylation is 1. The van der Waals surface area contributed by atoms with Crippen LogP contribution in [0.4, 0.5) is 5.69 Å². The van der Waals surface area contributed by atoms with Gasteiger partial charge >= 0.3 is 0 Å². The monoisotopic (exact) mass is 242 g/mol. The summed E-state index contributed by atoms with van der Waals surface area (Å²) in [5.74, 6) is 1.69. The van der Waals surface area contributed by atoms with Crippen LogP contribution in [-0.4, -0.2) is 4.98 Å². The smallest absolute Gasteiger partial charge is 0.242 e. The second-order valence-corrected chi connectivity index (χ2v) is 4.64. The predicted molar refractivity (Wildman–Crippen MR) is 74.0 cm³/mol. The molecule has 0 saturated heterocycles. The van der Waals surface area contributed by atoms with E-state index >= 15 is 0 Å². The predicted octanol–water partition coefficient (Wildman–Crippen LogP) is 3.89. The molecular formula is C15H18N2O. The van der Waals surface area contributed by atoms with Gasteiger partial charge in [0.2, 0.25) is 5.88 Å². The van der Waals surface area contributed by atoms with Gasteiger partial charge in [0, 0.05) is 5.69 Å². The molecule has 2 N–H and O–H groups in total. The lowest BCUT2D eigenvalue weighted by molar-refractivity contribution is 0.456. The molecule has 2 rings (SSSR count). The standard InChI is InChI=1S/C15H18N2O/c1-10(2)12-6-4-5-7-14(12)18-15-13(16)9-8-11(3)17-15/h4-10H,16H2,1-3H3. The van der Waals surface area contributed by atoms with Gasteiger partial charge in [-0.3, -0.25) is 0 Å². The van der Waals surface area contributed by atoms with Gasteiger partial charge in [0.25, 0.3) is 0 Å². The highest BCUT2D eigenvalue weighted by molar-refractivity contribution is 5.51. The third kappa shape index (κ3) is 2.62. The van der Waals surface area contributed by atoms with Crippen LogP contribution >= 0.6 is 0 Å². The van der Waals surface area contributed by atoms with Crippen LogP contribution in [0.2, 0.25) is 0 Å². The van der Waals surface area contributed by atoms with E-state index in [4.69, 9.17) is 10.5 Å². The van der Waals surface area contributed by atoms with E-state index < -0.39 is 0 Å². The summed E-state index contributed by atoms with van der Waals surface area (Å²) in [4.78, 5) is 4.32. The minimum absolute atomic E-state index is 0.396. The number of hydrogen-bond acceptors (Lipinski definition) is 3. The van der Waals surface area contributed by atoms with Gasteiger partial charge in [-0.15, -0.1) is 0 Å². The van der Waals surface area contributed by atoms with Crippen LogP contribution in [0, 0.1) is 6.92 Å². The van der Waals surface area contributed by atoms with Crippen molar-refractivity contribution < 1.29 is 4.74 Å². The van der Waals surface area contributed by atoms with Gasteiger partial charge in [-0.25, -0.2) is 4.98 Å². The Bertz CT molecular complexity index is 550. The van der Waals surface area contributed by atoms with Crippen molar-refractivity contribution in [2.45, 2.75) is 26.7 Å². The molecule has 0 atom stereocenters. The fraction of sp³-hybridized carbons (Fsp3) is 0.267. The number of rotatable bonds is 3. The molecule has 0 aliphatic rings. The molecule has 0 spiro atoms. The number of hydrogen-bond donors (Lipinski definition) is 1. The lowest BCUT2D eigenvalue weighted by atomic mass is 10.0. The normalized spacial score (nSPS) is 10.7. The summed E-state index contributed by atoms with van der Waals surface area (Å²) in [5, 5.41) is 0. The van der Waals surface area contributed by atoms with Crippen molar-refractivity contribution in [3.8, 4) is 11.6 Å². The molecule has 18 heavy (non-hydrogen) atoms. The first-order valence-corrected chi connectivity index (χ1v) is 6.08. The van der Waals surface area contributed by atoms with Crippen molar-refractivity contribution in [2.75, 3.05) is 5.73 Å². The highest BCUT2D eigenvalue weighted by Gasteiger charge is 2.10. The fourth-order valence-corrected chi connectivity index (χ4v) is 1.78. The Kier molecular flexibility index (Phi) is 3.51. The van der Waals surface area contributed by atoms with Crippen molar-refractivity contribution in [3.05, 3.63) is 47.7 Å². The van der Waals surface area contributed by atoms with Crippen LogP contribution in [0.25, 0.3) is 0 Å². The highest BCUT2D eigenvalue weighted by Crippen LogP contribution is 2.31. The Labute approximate surface area is 108 Å². The third-order valence-electron chi connectivity index (χ3n) is 2.78. The average molecular weight is 242 g/mol. The first-order valence-electron chi connectivity index (χ1n) is 6.08. The molecule has 0 aliphatic carbocycles. The Morgan fingerprint density at radius 2 is 1.83 bits per heavy atom. The number of anilines is 1. The summed E-state index contributed by atoms with van der Waals surface area (Å²) in [5.41, 5.74) is 8.47. The zero-order chi connectivity index (χ0) is 13.1. The number of para-hydroxylation sites is 1. The van der Waals surface area contributed by atoms with Crippen molar-refractivity contribution in [3.63, 3.8) is 0 Å². The molecule has 0 amide bonds. The minimum Gasteiger partial charge on any atom is -0.437 e. The largest absolute Gasteiger partial charge is 0.437 e. The molecule has 0 unspecified atom stereocenters. The van der Waals surface area contributed by atoms with Gasteiger partial charge in [-0.1, -0.05) is 32.0 Å². The molecule has 2 aromatic rings. The van der Waals surface area contributed by atoms with Crippen molar-refractivity contribution >= 4 is 5.69 Å². The van der Waals surface area contributed by atoms with Crippen LogP contribution in [0.15, 0.2) is 36.4 Å². The number of aromatic nitrogens is 1. The van der Waals surface area contributed by atoms with Gasteiger partial charge in [0.1, 0.15) is 5.75 Å². The summed E-state index contributed by atoms with van der Waals surface area (Å²) in [6, 6.07) is 11.7. The maximum Gasteiger partial charge on any atom is 0.242 e. The zero-order valence-electron chi connectivity index (χ0n) is 11.0. The topological polar surface area (TPSA) is 48.1 Å². The van der Waals surface area contributed by atoms with Crippen molar-refractivity contribution in [2.24, 2.45) is 0 Å². The quantitative estimate of drug-likeness (QED) is 0.888. The Morgan fingerprint density at radius 3 is 2.56 bits per heavy atom. The molecular weight excluding hydrogens is 224 g/mol. The second kappa shape index (κ2) is 5.08. The van der Waals surface area contributed by atoms with E-state index in [1.165, 1.54) is 0 Å². The van der Waals surface area contributed by atoms with Gasteiger partial charge in [0.05, 0.1) is 5.69 Å². The molecule has 3 nitrogen and oxygen atoms in total. The molecule has 0 saturated carbocycles. The lowest BCUT2D eigenvalue weighted by Gasteiger charge is -2.14.